The molecule has 2 aromatic rings. The van der Waals surface area contributed by atoms with Gasteiger partial charge in [0.1, 0.15) is 0 Å². The Balaban J connectivity index is 1.55. The maximum atomic E-state index is 12.5. The number of thioether (sulfide) groups is 1. The Kier molecular flexibility index (Phi) is 7.12. The van der Waals surface area contributed by atoms with Crippen molar-refractivity contribution >= 4 is 29.3 Å². The Morgan fingerprint density at radius 2 is 2.04 bits per heavy atom. The molecule has 5 nitrogen and oxygen atoms in total. The molecule has 0 unspecified atom stereocenters. The summed E-state index contributed by atoms with van der Waals surface area (Å²) in [5, 5.41) is 2.80. The molecule has 1 saturated heterocycles. The van der Waals surface area contributed by atoms with Crippen LogP contribution in [0.15, 0.2) is 47.4 Å². The number of esters is 1. The van der Waals surface area contributed by atoms with Gasteiger partial charge in [-0.1, -0.05) is 24.3 Å². The minimum absolute atomic E-state index is 0.234. The van der Waals surface area contributed by atoms with Gasteiger partial charge in [0.15, 0.2) is 6.61 Å². The quantitative estimate of drug-likeness (QED) is 0.553. The fraction of sp³-hybridized carbons (Fsp3) is 0.364. The summed E-state index contributed by atoms with van der Waals surface area (Å²) in [6, 6.07) is 13.1. The van der Waals surface area contributed by atoms with E-state index in [1.165, 1.54) is 0 Å². The van der Waals surface area contributed by atoms with E-state index in [2.05, 4.69) is 5.32 Å². The molecule has 1 N–H and O–H groups in total. The summed E-state index contributed by atoms with van der Waals surface area (Å²) < 4.78 is 10.9. The van der Waals surface area contributed by atoms with Gasteiger partial charge in [-0.3, -0.25) is 4.79 Å². The van der Waals surface area contributed by atoms with Crippen molar-refractivity contribution in [1.82, 2.24) is 0 Å². The van der Waals surface area contributed by atoms with Crippen LogP contribution >= 0.6 is 11.8 Å². The van der Waals surface area contributed by atoms with Crippen molar-refractivity contribution in [2.45, 2.75) is 37.7 Å². The second-order valence-corrected chi connectivity index (χ2v) is 7.95. The van der Waals surface area contributed by atoms with E-state index in [1.807, 2.05) is 44.2 Å². The van der Waals surface area contributed by atoms with E-state index in [0.29, 0.717) is 5.56 Å². The second kappa shape index (κ2) is 9.75. The number of anilines is 1. The van der Waals surface area contributed by atoms with Crippen LogP contribution in [0, 0.1) is 13.8 Å². The number of ether oxygens (including phenoxy) is 2. The van der Waals surface area contributed by atoms with Crippen molar-refractivity contribution in [2.75, 3.05) is 24.3 Å². The van der Waals surface area contributed by atoms with Crippen molar-refractivity contribution in [2.24, 2.45) is 0 Å². The number of carbonyl (C=O) groups is 2. The van der Waals surface area contributed by atoms with Crippen molar-refractivity contribution in [3.05, 3.63) is 59.2 Å². The molecule has 3 rings (SSSR count). The van der Waals surface area contributed by atoms with Crippen molar-refractivity contribution in [3.8, 4) is 0 Å². The lowest BCUT2D eigenvalue weighted by atomic mass is 10.1. The average molecular weight is 400 g/mol. The molecular weight excluding hydrogens is 374 g/mol. The molecule has 1 fully saturated rings. The van der Waals surface area contributed by atoms with E-state index in [4.69, 9.17) is 9.47 Å². The van der Waals surface area contributed by atoms with E-state index in [9.17, 15) is 9.59 Å². The third-order valence-corrected chi connectivity index (χ3v) is 5.76. The van der Waals surface area contributed by atoms with Crippen LogP contribution in [0.25, 0.3) is 0 Å². The Labute approximate surface area is 169 Å². The van der Waals surface area contributed by atoms with Crippen LogP contribution in [0.3, 0.4) is 0 Å². The Hall–Kier alpha value is -2.31. The summed E-state index contributed by atoms with van der Waals surface area (Å²) in [5.74, 6) is -0.0460. The fourth-order valence-corrected chi connectivity index (χ4v) is 4.10. The van der Waals surface area contributed by atoms with Crippen LogP contribution in [-0.2, 0) is 14.3 Å². The van der Waals surface area contributed by atoms with E-state index in [0.717, 1.165) is 46.9 Å². The minimum atomic E-state index is -0.494. The van der Waals surface area contributed by atoms with Gasteiger partial charge in [0.05, 0.1) is 11.7 Å². The largest absolute Gasteiger partial charge is 0.452 e. The number of nitrogens with one attached hydrogen (secondary N) is 1. The summed E-state index contributed by atoms with van der Waals surface area (Å²) in [5.41, 5.74) is 3.22. The molecule has 148 valence electrons. The predicted molar refractivity (Wildman–Crippen MR) is 111 cm³/mol. The monoisotopic (exact) mass is 399 g/mol. The zero-order valence-corrected chi connectivity index (χ0v) is 17.0. The van der Waals surface area contributed by atoms with Gasteiger partial charge in [-0.2, -0.15) is 0 Å². The highest BCUT2D eigenvalue weighted by molar-refractivity contribution is 7.99. The SMILES string of the molecule is Cc1ccc(C)c(NC(=O)COC(=O)c2ccccc2SC[C@@H]2CCCO2)c1. The lowest BCUT2D eigenvalue weighted by molar-refractivity contribution is -0.119. The van der Waals surface area contributed by atoms with Crippen LogP contribution < -0.4 is 5.32 Å². The van der Waals surface area contributed by atoms with Crippen molar-refractivity contribution < 1.29 is 19.1 Å². The van der Waals surface area contributed by atoms with Gasteiger partial charge in [-0.05, 0) is 56.0 Å². The summed E-state index contributed by atoms with van der Waals surface area (Å²) in [4.78, 5) is 25.5. The molecule has 1 aliphatic rings. The van der Waals surface area contributed by atoms with Crippen molar-refractivity contribution in [1.29, 1.82) is 0 Å². The zero-order valence-electron chi connectivity index (χ0n) is 16.2. The number of amides is 1. The number of aryl methyl sites for hydroxylation is 2. The standard InChI is InChI=1S/C22H25NO4S/c1-15-9-10-16(2)19(12-15)23-21(24)13-27-22(25)18-7-3-4-8-20(18)28-14-17-6-5-11-26-17/h3-4,7-10,12,17H,5-6,11,13-14H2,1-2H3,(H,23,24)/t17-/m0/s1. The summed E-state index contributed by atoms with van der Waals surface area (Å²) >= 11 is 1.59. The number of hydrogen-bond acceptors (Lipinski definition) is 5. The summed E-state index contributed by atoms with van der Waals surface area (Å²) in [6.07, 6.45) is 2.38. The molecule has 1 atom stereocenters. The molecule has 1 aliphatic heterocycles. The van der Waals surface area contributed by atoms with E-state index >= 15 is 0 Å². The molecule has 6 heteroatoms. The third-order valence-electron chi connectivity index (χ3n) is 4.56. The normalized spacial score (nSPS) is 16.0. The first kappa shape index (κ1) is 20.4. The maximum absolute atomic E-state index is 12.5. The number of rotatable bonds is 7. The van der Waals surface area contributed by atoms with Crippen LogP contribution in [0.1, 0.15) is 34.3 Å². The first-order valence-corrected chi connectivity index (χ1v) is 10.4. The van der Waals surface area contributed by atoms with Crippen LogP contribution in [0.4, 0.5) is 5.69 Å². The highest BCUT2D eigenvalue weighted by Crippen LogP contribution is 2.27. The van der Waals surface area contributed by atoms with Crippen LogP contribution in [-0.4, -0.2) is 36.9 Å². The van der Waals surface area contributed by atoms with Crippen molar-refractivity contribution in [3.63, 3.8) is 0 Å². The molecule has 0 saturated carbocycles. The first-order valence-electron chi connectivity index (χ1n) is 9.40. The van der Waals surface area contributed by atoms with E-state index in [-0.39, 0.29) is 18.6 Å². The second-order valence-electron chi connectivity index (χ2n) is 6.88. The van der Waals surface area contributed by atoms with E-state index < -0.39 is 5.97 Å². The van der Waals surface area contributed by atoms with Gasteiger partial charge in [0.25, 0.3) is 5.91 Å². The third kappa shape index (κ3) is 5.59. The predicted octanol–water partition coefficient (Wildman–Crippen LogP) is 4.37. The molecule has 0 aromatic heterocycles. The number of carbonyl (C=O) groups excluding carboxylic acids is 2. The summed E-state index contributed by atoms with van der Waals surface area (Å²) in [7, 11) is 0. The van der Waals surface area contributed by atoms with Crippen LogP contribution in [0.2, 0.25) is 0 Å². The lowest BCUT2D eigenvalue weighted by Crippen LogP contribution is -2.21. The van der Waals surface area contributed by atoms with E-state index in [1.54, 1.807) is 23.9 Å². The lowest BCUT2D eigenvalue weighted by Gasteiger charge is -2.12. The topological polar surface area (TPSA) is 64.6 Å². The first-order chi connectivity index (χ1) is 13.5. The molecule has 0 aliphatic carbocycles. The van der Waals surface area contributed by atoms with Gasteiger partial charge >= 0.3 is 5.97 Å². The molecule has 1 amide bonds. The van der Waals surface area contributed by atoms with Gasteiger partial charge in [0, 0.05) is 22.9 Å². The Morgan fingerprint density at radius 3 is 2.82 bits per heavy atom. The average Bonchev–Trinajstić information content (AvgIpc) is 3.21. The number of benzene rings is 2. The van der Waals surface area contributed by atoms with Crippen LogP contribution in [0.5, 0.6) is 0 Å². The van der Waals surface area contributed by atoms with Gasteiger partial charge in [-0.25, -0.2) is 4.79 Å². The molecule has 0 radical (unpaired) electrons. The van der Waals surface area contributed by atoms with Gasteiger partial charge in [-0.15, -0.1) is 11.8 Å². The Bertz CT molecular complexity index is 846. The molecule has 0 bridgehead atoms. The molecular formula is C22H25NO4S. The zero-order chi connectivity index (χ0) is 19.9. The Morgan fingerprint density at radius 1 is 1.21 bits per heavy atom. The molecule has 28 heavy (non-hydrogen) atoms. The maximum Gasteiger partial charge on any atom is 0.339 e. The fourth-order valence-electron chi connectivity index (χ4n) is 2.99. The summed E-state index contributed by atoms with van der Waals surface area (Å²) in [6.45, 7) is 4.37. The van der Waals surface area contributed by atoms with Gasteiger partial charge in [0.2, 0.25) is 0 Å². The highest BCUT2D eigenvalue weighted by atomic mass is 32.2. The smallest absolute Gasteiger partial charge is 0.339 e. The highest BCUT2D eigenvalue weighted by Gasteiger charge is 2.19. The molecule has 0 spiro atoms. The molecule has 1 heterocycles. The minimum Gasteiger partial charge on any atom is -0.452 e. The number of hydrogen-bond donors (Lipinski definition) is 1. The van der Waals surface area contributed by atoms with Gasteiger partial charge < -0.3 is 14.8 Å². The molecule has 2 aromatic carbocycles.